The van der Waals surface area contributed by atoms with Gasteiger partial charge in [-0.1, -0.05) is 31.5 Å². The van der Waals surface area contributed by atoms with Crippen molar-refractivity contribution < 1.29 is 9.47 Å². The molecule has 32 heavy (non-hydrogen) atoms. The van der Waals surface area contributed by atoms with Crippen molar-refractivity contribution in [3.05, 3.63) is 60.3 Å². The van der Waals surface area contributed by atoms with E-state index in [0.717, 1.165) is 41.9 Å². The van der Waals surface area contributed by atoms with Gasteiger partial charge in [0.05, 0.1) is 26.1 Å². The highest BCUT2D eigenvalue weighted by atomic mass is 32.1. The van der Waals surface area contributed by atoms with Gasteiger partial charge in [0.25, 0.3) is 0 Å². The fraction of sp³-hybridized carbons (Fsp3) is 0.292. The average Bonchev–Trinajstić information content (AvgIpc) is 3.27. The largest absolute Gasteiger partial charge is 0.493 e. The zero-order valence-electron chi connectivity index (χ0n) is 18.9. The van der Waals surface area contributed by atoms with Gasteiger partial charge >= 0.3 is 0 Å². The van der Waals surface area contributed by atoms with Crippen LogP contribution in [0.3, 0.4) is 0 Å². The Labute approximate surface area is 194 Å². The molecule has 1 N–H and O–H groups in total. The number of nitrogens with zero attached hydrogens (tertiary/aromatic N) is 4. The van der Waals surface area contributed by atoms with Crippen LogP contribution in [-0.2, 0) is 0 Å². The zero-order valence-corrected chi connectivity index (χ0v) is 19.7. The Morgan fingerprint density at radius 1 is 1.16 bits per heavy atom. The van der Waals surface area contributed by atoms with Crippen LogP contribution in [0.1, 0.15) is 25.3 Å². The highest BCUT2D eigenvalue weighted by Gasteiger charge is 2.14. The Morgan fingerprint density at radius 3 is 2.59 bits per heavy atom. The van der Waals surface area contributed by atoms with Crippen LogP contribution < -0.4 is 14.8 Å². The maximum atomic E-state index is 5.48. The van der Waals surface area contributed by atoms with Gasteiger partial charge in [-0.05, 0) is 49.0 Å². The second-order valence-corrected chi connectivity index (χ2v) is 7.52. The summed E-state index contributed by atoms with van der Waals surface area (Å²) >= 11 is 5.42. The van der Waals surface area contributed by atoms with Gasteiger partial charge in [-0.25, -0.2) is 9.69 Å². The molecule has 0 bridgehead atoms. The Bertz CT molecular complexity index is 1070. The summed E-state index contributed by atoms with van der Waals surface area (Å²) in [5, 5.41) is 14.8. The number of ether oxygens (including phenoxy) is 2. The third-order valence-corrected chi connectivity index (χ3v) is 5.30. The quantitative estimate of drug-likeness (QED) is 0.224. The van der Waals surface area contributed by atoms with Crippen LogP contribution in [0.2, 0.25) is 0 Å². The van der Waals surface area contributed by atoms with E-state index in [9.17, 15) is 0 Å². The van der Waals surface area contributed by atoms with E-state index < -0.39 is 0 Å². The van der Waals surface area contributed by atoms with E-state index in [2.05, 4.69) is 17.3 Å². The second-order valence-electron chi connectivity index (χ2n) is 7.14. The van der Waals surface area contributed by atoms with Gasteiger partial charge in [0.2, 0.25) is 0 Å². The SMILES string of the molecule is CCCCNC(=S)N(C)/N=C\c1cn(-c2ccccc2)nc1-c1ccc(OC)c(OC)c1. The van der Waals surface area contributed by atoms with E-state index in [-0.39, 0.29) is 0 Å². The van der Waals surface area contributed by atoms with Gasteiger partial charge < -0.3 is 14.8 Å². The predicted molar refractivity (Wildman–Crippen MR) is 133 cm³/mol. The van der Waals surface area contributed by atoms with Crippen molar-refractivity contribution >= 4 is 23.5 Å². The summed E-state index contributed by atoms with van der Waals surface area (Å²) in [6.07, 6.45) is 5.89. The molecule has 1 heterocycles. The Morgan fingerprint density at radius 2 is 1.91 bits per heavy atom. The summed E-state index contributed by atoms with van der Waals surface area (Å²) in [5.41, 5.74) is 3.48. The van der Waals surface area contributed by atoms with Crippen LogP contribution in [0.15, 0.2) is 59.8 Å². The number of benzene rings is 2. The van der Waals surface area contributed by atoms with Crippen molar-refractivity contribution in [2.75, 3.05) is 27.8 Å². The topological polar surface area (TPSA) is 63.9 Å². The molecule has 0 aliphatic heterocycles. The van der Waals surface area contributed by atoms with E-state index in [1.807, 2.05) is 66.5 Å². The van der Waals surface area contributed by atoms with Gasteiger partial charge in [-0.15, -0.1) is 0 Å². The van der Waals surface area contributed by atoms with Gasteiger partial charge in [0.15, 0.2) is 16.6 Å². The summed E-state index contributed by atoms with van der Waals surface area (Å²) in [5.74, 6) is 1.30. The smallest absolute Gasteiger partial charge is 0.189 e. The van der Waals surface area contributed by atoms with Crippen molar-refractivity contribution in [1.29, 1.82) is 0 Å². The number of methoxy groups -OCH3 is 2. The maximum absolute atomic E-state index is 5.48. The number of rotatable bonds is 9. The highest BCUT2D eigenvalue weighted by molar-refractivity contribution is 7.80. The van der Waals surface area contributed by atoms with Crippen LogP contribution >= 0.6 is 12.2 Å². The number of hydrazone groups is 1. The molecule has 8 heteroatoms. The Hall–Kier alpha value is -3.39. The van der Waals surface area contributed by atoms with Crippen molar-refractivity contribution in [2.24, 2.45) is 5.10 Å². The lowest BCUT2D eigenvalue weighted by Gasteiger charge is -2.15. The monoisotopic (exact) mass is 451 g/mol. The lowest BCUT2D eigenvalue weighted by molar-refractivity contribution is 0.355. The van der Waals surface area contributed by atoms with Crippen LogP contribution in [0.5, 0.6) is 11.5 Å². The van der Waals surface area contributed by atoms with E-state index in [0.29, 0.717) is 16.6 Å². The number of unbranched alkanes of at least 4 members (excludes halogenated alkanes) is 1. The molecular formula is C24H29N5O2S. The molecule has 2 aromatic carbocycles. The lowest BCUT2D eigenvalue weighted by Crippen LogP contribution is -2.34. The van der Waals surface area contributed by atoms with E-state index in [1.54, 1.807) is 25.4 Å². The van der Waals surface area contributed by atoms with Crippen LogP contribution in [0.25, 0.3) is 16.9 Å². The molecule has 7 nitrogen and oxygen atoms in total. The molecule has 0 radical (unpaired) electrons. The minimum Gasteiger partial charge on any atom is -0.493 e. The molecule has 0 saturated carbocycles. The Balaban J connectivity index is 1.95. The molecule has 0 fully saturated rings. The van der Waals surface area contributed by atoms with Gasteiger partial charge in [0, 0.05) is 30.9 Å². The molecule has 0 aliphatic rings. The zero-order chi connectivity index (χ0) is 22.9. The highest BCUT2D eigenvalue weighted by Crippen LogP contribution is 2.33. The summed E-state index contributed by atoms with van der Waals surface area (Å²) in [7, 11) is 5.07. The first-order chi connectivity index (χ1) is 15.6. The van der Waals surface area contributed by atoms with Crippen molar-refractivity contribution in [3.8, 4) is 28.4 Å². The van der Waals surface area contributed by atoms with Crippen LogP contribution in [0.4, 0.5) is 0 Å². The average molecular weight is 452 g/mol. The van der Waals surface area contributed by atoms with Gasteiger partial charge in [0.1, 0.15) is 5.69 Å². The molecule has 0 atom stereocenters. The number of hydrogen-bond acceptors (Lipinski definition) is 5. The number of nitrogens with one attached hydrogen (secondary N) is 1. The standard InChI is InChI=1S/C24H29N5O2S/c1-5-6-14-25-24(32)28(2)26-16-19-17-29(20-10-8-7-9-11-20)27-23(19)18-12-13-21(30-3)22(15-18)31-4/h7-13,15-17H,5-6,14H2,1-4H3,(H,25,32)/b26-16-. The minimum atomic E-state index is 0.581. The number of thiocarbonyl (C=S) groups is 1. The van der Waals surface area contributed by atoms with E-state index in [4.69, 9.17) is 26.8 Å². The number of para-hydroxylation sites is 1. The minimum absolute atomic E-state index is 0.581. The summed E-state index contributed by atoms with van der Waals surface area (Å²) in [6, 6.07) is 15.7. The third-order valence-electron chi connectivity index (χ3n) is 4.89. The molecule has 3 rings (SSSR count). The van der Waals surface area contributed by atoms with Crippen molar-refractivity contribution in [1.82, 2.24) is 20.1 Å². The van der Waals surface area contributed by atoms with Crippen molar-refractivity contribution in [3.63, 3.8) is 0 Å². The predicted octanol–water partition coefficient (Wildman–Crippen LogP) is 4.50. The fourth-order valence-corrected chi connectivity index (χ4v) is 3.24. The molecule has 0 spiro atoms. The molecule has 0 aliphatic carbocycles. The Kier molecular flexibility index (Phi) is 8.21. The first-order valence-corrected chi connectivity index (χ1v) is 10.9. The second kappa shape index (κ2) is 11.3. The normalized spacial score (nSPS) is 10.9. The third kappa shape index (κ3) is 5.64. The van der Waals surface area contributed by atoms with E-state index in [1.165, 1.54) is 0 Å². The lowest BCUT2D eigenvalue weighted by atomic mass is 10.1. The number of aromatic nitrogens is 2. The molecule has 1 aromatic heterocycles. The maximum Gasteiger partial charge on any atom is 0.189 e. The first kappa shape index (κ1) is 23.3. The molecule has 0 saturated heterocycles. The molecular weight excluding hydrogens is 422 g/mol. The molecule has 168 valence electrons. The molecule has 0 unspecified atom stereocenters. The van der Waals surface area contributed by atoms with Crippen molar-refractivity contribution in [2.45, 2.75) is 19.8 Å². The van der Waals surface area contributed by atoms with E-state index >= 15 is 0 Å². The molecule has 3 aromatic rings. The van der Waals surface area contributed by atoms with Gasteiger partial charge in [-0.3, -0.25) is 0 Å². The molecule has 0 amide bonds. The van der Waals surface area contributed by atoms with Crippen LogP contribution in [-0.4, -0.2) is 53.9 Å². The summed E-state index contributed by atoms with van der Waals surface area (Å²) in [4.78, 5) is 0. The summed E-state index contributed by atoms with van der Waals surface area (Å²) < 4.78 is 12.7. The number of hydrogen-bond donors (Lipinski definition) is 1. The van der Waals surface area contributed by atoms with Gasteiger partial charge in [-0.2, -0.15) is 10.2 Å². The summed E-state index contributed by atoms with van der Waals surface area (Å²) in [6.45, 7) is 2.98. The first-order valence-electron chi connectivity index (χ1n) is 10.5. The fourth-order valence-electron chi connectivity index (χ4n) is 3.09. The van der Waals surface area contributed by atoms with Crippen LogP contribution in [0, 0.1) is 0 Å².